The molecule has 0 aliphatic heterocycles. The molecular weight excluding hydrogens is 402 g/mol. The predicted octanol–water partition coefficient (Wildman–Crippen LogP) is 2.61. The summed E-state index contributed by atoms with van der Waals surface area (Å²) in [6.07, 6.45) is 0.486. The van der Waals surface area contributed by atoms with Gasteiger partial charge >= 0.3 is 0 Å². The molecule has 0 saturated heterocycles. The fourth-order valence-electron chi connectivity index (χ4n) is 3.48. The van der Waals surface area contributed by atoms with Gasteiger partial charge in [0, 0.05) is 22.4 Å². The zero-order chi connectivity index (χ0) is 21.5. The monoisotopic (exact) mass is 425 g/mol. The van der Waals surface area contributed by atoms with Gasteiger partial charge < -0.3 is 5.11 Å². The summed E-state index contributed by atoms with van der Waals surface area (Å²) in [7, 11) is -3.81. The Kier molecular flexibility index (Phi) is 5.27. The third-order valence-corrected chi connectivity index (χ3v) is 6.88. The van der Waals surface area contributed by atoms with Crippen molar-refractivity contribution in [1.29, 1.82) is 0 Å². The van der Waals surface area contributed by atoms with Crippen molar-refractivity contribution in [1.82, 2.24) is 24.5 Å². The largest absolute Gasteiger partial charge is 0.395 e. The molecule has 2 heterocycles. The summed E-state index contributed by atoms with van der Waals surface area (Å²) in [6, 6.07) is 12.4. The van der Waals surface area contributed by atoms with Gasteiger partial charge in [0.1, 0.15) is 0 Å². The summed E-state index contributed by atoms with van der Waals surface area (Å²) < 4.78 is 30.0. The van der Waals surface area contributed by atoms with E-state index in [2.05, 4.69) is 20.0 Å². The van der Waals surface area contributed by atoms with Crippen molar-refractivity contribution < 1.29 is 13.5 Å². The number of nitrogens with zero attached hydrogens (tertiary/aromatic N) is 4. The molecule has 4 rings (SSSR count). The minimum Gasteiger partial charge on any atom is -0.395 e. The van der Waals surface area contributed by atoms with Gasteiger partial charge in [-0.2, -0.15) is 9.61 Å². The molecule has 0 amide bonds. The van der Waals surface area contributed by atoms with Gasteiger partial charge in [0.2, 0.25) is 10.0 Å². The van der Waals surface area contributed by atoms with Crippen LogP contribution in [0.2, 0.25) is 0 Å². The first-order valence-electron chi connectivity index (χ1n) is 9.70. The highest BCUT2D eigenvalue weighted by Gasteiger charge is 2.22. The van der Waals surface area contributed by atoms with E-state index < -0.39 is 16.1 Å². The van der Waals surface area contributed by atoms with Crippen LogP contribution in [0.25, 0.3) is 27.8 Å². The number of rotatable bonds is 6. The Morgan fingerprint density at radius 1 is 1.10 bits per heavy atom. The molecule has 8 nitrogen and oxygen atoms in total. The maximum Gasteiger partial charge on any atom is 0.241 e. The van der Waals surface area contributed by atoms with Gasteiger partial charge in [-0.25, -0.2) is 13.1 Å². The highest BCUT2D eigenvalue weighted by atomic mass is 32.2. The van der Waals surface area contributed by atoms with E-state index in [-0.39, 0.29) is 11.5 Å². The van der Waals surface area contributed by atoms with Crippen molar-refractivity contribution in [3.05, 3.63) is 53.7 Å². The van der Waals surface area contributed by atoms with Gasteiger partial charge in [-0.3, -0.25) is 0 Å². The fourth-order valence-corrected chi connectivity index (χ4v) is 5.06. The second kappa shape index (κ2) is 7.75. The van der Waals surface area contributed by atoms with Gasteiger partial charge in [0.15, 0.2) is 11.5 Å². The molecule has 2 N–H and O–H groups in total. The number of fused-ring (bicyclic) bond motifs is 3. The molecule has 0 fully saturated rings. The molecular formula is C21H23N5O3S. The van der Waals surface area contributed by atoms with Crippen LogP contribution < -0.4 is 4.72 Å². The number of sulfonamides is 1. The molecule has 2 aromatic heterocycles. The average molecular weight is 426 g/mol. The lowest BCUT2D eigenvalue weighted by Crippen LogP contribution is -2.37. The molecule has 0 aliphatic carbocycles. The van der Waals surface area contributed by atoms with E-state index in [9.17, 15) is 13.5 Å². The van der Waals surface area contributed by atoms with Crippen LogP contribution in [-0.4, -0.2) is 46.0 Å². The third kappa shape index (κ3) is 3.45. The molecule has 1 atom stereocenters. The van der Waals surface area contributed by atoms with Gasteiger partial charge in [-0.1, -0.05) is 43.3 Å². The van der Waals surface area contributed by atoms with Gasteiger partial charge in [-0.05, 0) is 31.9 Å². The van der Waals surface area contributed by atoms with E-state index >= 15 is 0 Å². The molecule has 0 bridgehead atoms. The predicted molar refractivity (Wildman–Crippen MR) is 115 cm³/mol. The minimum atomic E-state index is -3.81. The lowest BCUT2D eigenvalue weighted by molar-refractivity contribution is 0.254. The first-order valence-corrected chi connectivity index (χ1v) is 11.2. The van der Waals surface area contributed by atoms with E-state index in [4.69, 9.17) is 0 Å². The number of benzene rings is 2. The molecule has 0 aliphatic rings. The number of hydrogen-bond donors (Lipinski definition) is 2. The highest BCUT2D eigenvalue weighted by molar-refractivity contribution is 7.89. The molecule has 156 valence electrons. The maximum atomic E-state index is 12.9. The second-order valence-corrected chi connectivity index (χ2v) is 8.96. The van der Waals surface area contributed by atoms with Crippen LogP contribution in [0, 0.1) is 13.8 Å². The molecule has 30 heavy (non-hydrogen) atoms. The van der Waals surface area contributed by atoms with Crippen molar-refractivity contribution >= 4 is 26.4 Å². The van der Waals surface area contributed by atoms with E-state index in [0.717, 1.165) is 16.5 Å². The first-order chi connectivity index (χ1) is 14.4. The van der Waals surface area contributed by atoms with Crippen LogP contribution in [0.4, 0.5) is 0 Å². The quantitative estimate of drug-likeness (QED) is 0.491. The Morgan fingerprint density at radius 3 is 2.53 bits per heavy atom. The molecule has 0 radical (unpaired) electrons. The smallest absolute Gasteiger partial charge is 0.241 e. The number of aliphatic hydroxyl groups excluding tert-OH is 1. The standard InChI is InChI=1S/C21H23N5O3S/c1-4-16(12-27)25-30(28,29)19-11-15(10-9-13(19)2)20-22-23-21-18-8-6-5-7-17(18)14(3)24-26(20)21/h5-11,16,25,27H,4,12H2,1-3H3/t16-/m0/s1. The van der Waals surface area contributed by atoms with Crippen molar-refractivity contribution in [2.75, 3.05) is 6.61 Å². The number of aryl methyl sites for hydroxylation is 2. The number of aliphatic hydroxyl groups is 1. The van der Waals surface area contributed by atoms with E-state index in [1.807, 2.05) is 38.1 Å². The lowest BCUT2D eigenvalue weighted by atomic mass is 10.1. The van der Waals surface area contributed by atoms with Crippen LogP contribution in [0.1, 0.15) is 24.6 Å². The minimum absolute atomic E-state index is 0.140. The SMILES string of the molecule is CC[C@@H](CO)NS(=O)(=O)c1cc(-c2nnc3c4ccccc4c(C)nn23)ccc1C. The average Bonchev–Trinajstić information content (AvgIpc) is 3.16. The van der Waals surface area contributed by atoms with Crippen LogP contribution >= 0.6 is 0 Å². The summed E-state index contributed by atoms with van der Waals surface area (Å²) in [6.45, 7) is 5.20. The van der Waals surface area contributed by atoms with E-state index in [0.29, 0.717) is 29.0 Å². The fraction of sp³-hybridized carbons (Fsp3) is 0.286. The second-order valence-electron chi connectivity index (χ2n) is 7.28. The molecule has 2 aromatic carbocycles. The van der Waals surface area contributed by atoms with Crippen LogP contribution in [0.5, 0.6) is 0 Å². The van der Waals surface area contributed by atoms with Crippen molar-refractivity contribution in [2.45, 2.75) is 38.1 Å². The summed E-state index contributed by atoms with van der Waals surface area (Å²) in [5.74, 6) is 0.463. The molecule has 0 saturated carbocycles. The summed E-state index contributed by atoms with van der Waals surface area (Å²) in [5, 5.41) is 24.5. The van der Waals surface area contributed by atoms with Crippen molar-refractivity contribution in [3.63, 3.8) is 0 Å². The zero-order valence-corrected chi connectivity index (χ0v) is 17.8. The normalized spacial score (nSPS) is 13.2. The Balaban J connectivity index is 1.86. The number of aromatic nitrogens is 4. The van der Waals surface area contributed by atoms with Gasteiger partial charge in [0.25, 0.3) is 0 Å². The van der Waals surface area contributed by atoms with Crippen molar-refractivity contribution in [3.8, 4) is 11.4 Å². The number of hydrogen-bond acceptors (Lipinski definition) is 6. The van der Waals surface area contributed by atoms with Crippen LogP contribution in [0.3, 0.4) is 0 Å². The molecule has 4 aromatic rings. The Hall–Kier alpha value is -2.88. The first kappa shape index (κ1) is 20.4. The molecule has 0 spiro atoms. The Morgan fingerprint density at radius 2 is 1.83 bits per heavy atom. The van der Waals surface area contributed by atoms with Crippen LogP contribution in [0.15, 0.2) is 47.4 Å². The zero-order valence-electron chi connectivity index (χ0n) is 17.0. The summed E-state index contributed by atoms with van der Waals surface area (Å²) >= 11 is 0. The lowest BCUT2D eigenvalue weighted by Gasteiger charge is -2.16. The summed E-state index contributed by atoms with van der Waals surface area (Å²) in [5.41, 5.74) is 2.63. The van der Waals surface area contributed by atoms with Gasteiger partial charge in [0.05, 0.1) is 17.2 Å². The Labute approximate surface area is 174 Å². The molecule has 0 unspecified atom stereocenters. The van der Waals surface area contributed by atoms with E-state index in [1.165, 1.54) is 0 Å². The maximum absolute atomic E-state index is 12.9. The van der Waals surface area contributed by atoms with E-state index in [1.54, 1.807) is 29.6 Å². The van der Waals surface area contributed by atoms with Crippen LogP contribution in [-0.2, 0) is 10.0 Å². The van der Waals surface area contributed by atoms with Crippen molar-refractivity contribution in [2.24, 2.45) is 0 Å². The Bertz CT molecular complexity index is 1340. The molecule has 9 heteroatoms. The van der Waals surface area contributed by atoms with Gasteiger partial charge in [-0.15, -0.1) is 10.2 Å². The highest BCUT2D eigenvalue weighted by Crippen LogP contribution is 2.27. The summed E-state index contributed by atoms with van der Waals surface area (Å²) in [4.78, 5) is 0.140. The topological polar surface area (TPSA) is 109 Å². The third-order valence-electron chi connectivity index (χ3n) is 5.22. The number of nitrogens with one attached hydrogen (secondary N) is 1.